The molecule has 2 aromatic rings. The lowest BCUT2D eigenvalue weighted by Gasteiger charge is -2.16. The van der Waals surface area contributed by atoms with Gasteiger partial charge in [-0.15, -0.1) is 0 Å². The first-order chi connectivity index (χ1) is 11.7. The summed E-state index contributed by atoms with van der Waals surface area (Å²) in [5, 5.41) is 2.66. The Morgan fingerprint density at radius 3 is 2.80 bits per heavy atom. The van der Waals surface area contributed by atoms with Gasteiger partial charge in [0, 0.05) is 23.7 Å². The molecule has 1 saturated heterocycles. The summed E-state index contributed by atoms with van der Waals surface area (Å²) in [6.45, 7) is 0.127. The lowest BCUT2D eigenvalue weighted by atomic mass is 10.1. The van der Waals surface area contributed by atoms with Gasteiger partial charge in [-0.3, -0.25) is 9.59 Å². The average molecular weight is 390 g/mol. The summed E-state index contributed by atoms with van der Waals surface area (Å²) in [5.41, 5.74) is 0.571. The van der Waals surface area contributed by atoms with Crippen molar-refractivity contribution < 1.29 is 22.8 Å². The van der Waals surface area contributed by atoms with Crippen LogP contribution in [0, 0.1) is 5.92 Å². The molecule has 1 atom stereocenters. The van der Waals surface area contributed by atoms with Gasteiger partial charge in [-0.1, -0.05) is 29.0 Å². The molecule has 1 N–H and O–H groups in total. The fourth-order valence-corrected chi connectivity index (χ4v) is 3.32. The van der Waals surface area contributed by atoms with Crippen LogP contribution in [0.1, 0.15) is 11.3 Å². The number of aromatic nitrogens is 1. The molecule has 5 nitrogen and oxygen atoms in total. The molecule has 1 aromatic heterocycles. The van der Waals surface area contributed by atoms with Gasteiger partial charge in [-0.2, -0.15) is 13.2 Å². The van der Waals surface area contributed by atoms with Gasteiger partial charge in [0.15, 0.2) is 5.13 Å². The van der Waals surface area contributed by atoms with Crippen molar-refractivity contribution in [2.45, 2.75) is 12.6 Å². The first kappa shape index (κ1) is 17.7. The minimum absolute atomic E-state index is 0.0319. The lowest BCUT2D eigenvalue weighted by molar-refractivity contribution is -0.134. The van der Waals surface area contributed by atoms with E-state index in [-0.39, 0.29) is 24.0 Å². The molecule has 132 valence electrons. The molecule has 2 heterocycles. The predicted octanol–water partition coefficient (Wildman–Crippen LogP) is 3.81. The Hall–Kier alpha value is -2.13. The number of rotatable bonds is 3. The fraction of sp³-hybridized carbons (Fsp3) is 0.267. The Morgan fingerprint density at radius 1 is 1.40 bits per heavy atom. The van der Waals surface area contributed by atoms with Crippen molar-refractivity contribution >= 4 is 45.6 Å². The number of nitrogens with zero attached hydrogens (tertiary/aromatic N) is 2. The monoisotopic (exact) mass is 389 g/mol. The molecule has 1 aliphatic rings. The third kappa shape index (κ3) is 3.93. The smallest absolute Gasteiger partial charge is 0.312 e. The molecular formula is C15H11ClF3N3O2S. The number of hydrogen-bond acceptors (Lipinski definition) is 4. The van der Waals surface area contributed by atoms with Crippen LogP contribution in [0.25, 0.3) is 0 Å². The maximum Gasteiger partial charge on any atom is 0.427 e. The summed E-state index contributed by atoms with van der Waals surface area (Å²) in [7, 11) is 0. The second kappa shape index (κ2) is 6.64. The lowest BCUT2D eigenvalue weighted by Crippen LogP contribution is -2.28. The quantitative estimate of drug-likeness (QED) is 0.868. The first-order valence-corrected chi connectivity index (χ1v) is 8.33. The van der Waals surface area contributed by atoms with Crippen LogP contribution in [0.5, 0.6) is 0 Å². The zero-order valence-electron chi connectivity index (χ0n) is 12.5. The number of benzene rings is 1. The van der Waals surface area contributed by atoms with Gasteiger partial charge in [0.2, 0.25) is 11.8 Å². The van der Waals surface area contributed by atoms with Crippen LogP contribution in [0.15, 0.2) is 30.5 Å². The Bertz CT molecular complexity index is 824. The van der Waals surface area contributed by atoms with Gasteiger partial charge in [0.05, 0.1) is 12.1 Å². The number of amides is 2. The van der Waals surface area contributed by atoms with Gasteiger partial charge in [-0.05, 0) is 18.2 Å². The molecule has 1 fully saturated rings. The van der Waals surface area contributed by atoms with Crippen LogP contribution in [0.2, 0.25) is 5.02 Å². The second-order valence-corrected chi connectivity index (χ2v) is 6.87. The van der Waals surface area contributed by atoms with Crippen molar-refractivity contribution in [1.29, 1.82) is 0 Å². The van der Waals surface area contributed by atoms with Crippen molar-refractivity contribution in [3.63, 3.8) is 0 Å². The number of anilines is 2. The van der Waals surface area contributed by atoms with E-state index in [0.717, 1.165) is 0 Å². The zero-order chi connectivity index (χ0) is 18.2. The van der Waals surface area contributed by atoms with Crippen LogP contribution in [-0.2, 0) is 15.8 Å². The molecule has 1 unspecified atom stereocenters. The highest BCUT2D eigenvalue weighted by atomic mass is 35.5. The maximum atomic E-state index is 12.6. The van der Waals surface area contributed by atoms with Crippen molar-refractivity contribution in [3.05, 3.63) is 40.4 Å². The van der Waals surface area contributed by atoms with E-state index < -0.39 is 22.9 Å². The number of carbonyl (C=O) groups is 2. The maximum absolute atomic E-state index is 12.6. The number of halogens is 4. The SMILES string of the molecule is O=C(Nc1ncc(C(F)(F)F)s1)C1CC(=O)N(c2cccc(Cl)c2)C1. The van der Waals surface area contributed by atoms with Crippen LogP contribution >= 0.6 is 22.9 Å². The summed E-state index contributed by atoms with van der Waals surface area (Å²) in [5.74, 6) is -1.47. The largest absolute Gasteiger partial charge is 0.427 e. The predicted molar refractivity (Wildman–Crippen MR) is 87.7 cm³/mol. The summed E-state index contributed by atoms with van der Waals surface area (Å²) in [6.07, 6.45) is -3.87. The molecule has 0 aliphatic carbocycles. The molecule has 0 spiro atoms. The van der Waals surface area contributed by atoms with Crippen LogP contribution in [0.3, 0.4) is 0 Å². The first-order valence-electron chi connectivity index (χ1n) is 7.14. The van der Waals surface area contributed by atoms with Crippen molar-refractivity contribution in [1.82, 2.24) is 4.98 Å². The minimum Gasteiger partial charge on any atom is -0.312 e. The highest BCUT2D eigenvalue weighted by molar-refractivity contribution is 7.15. The normalized spacial score (nSPS) is 17.8. The van der Waals surface area contributed by atoms with E-state index in [0.29, 0.717) is 28.2 Å². The summed E-state index contributed by atoms with van der Waals surface area (Å²) < 4.78 is 37.7. The van der Waals surface area contributed by atoms with Crippen LogP contribution in [0.4, 0.5) is 24.0 Å². The second-order valence-electron chi connectivity index (χ2n) is 5.40. The van der Waals surface area contributed by atoms with E-state index in [1.165, 1.54) is 4.90 Å². The topological polar surface area (TPSA) is 62.3 Å². The number of carbonyl (C=O) groups excluding carboxylic acids is 2. The number of alkyl halides is 3. The fourth-order valence-electron chi connectivity index (χ4n) is 2.45. The summed E-state index contributed by atoms with van der Waals surface area (Å²) >= 11 is 6.24. The number of nitrogens with one attached hydrogen (secondary N) is 1. The number of thiazole rings is 1. The van der Waals surface area contributed by atoms with Crippen molar-refractivity contribution in [2.24, 2.45) is 5.92 Å². The third-order valence-electron chi connectivity index (χ3n) is 3.63. The molecule has 1 aromatic carbocycles. The Morgan fingerprint density at radius 2 is 2.16 bits per heavy atom. The van der Waals surface area contributed by atoms with E-state index in [4.69, 9.17) is 11.6 Å². The van der Waals surface area contributed by atoms with E-state index in [1.807, 2.05) is 0 Å². The van der Waals surface area contributed by atoms with E-state index in [9.17, 15) is 22.8 Å². The van der Waals surface area contributed by atoms with E-state index in [1.54, 1.807) is 24.3 Å². The standard InChI is InChI=1S/C15H11ClF3N3O2S/c16-9-2-1-3-10(5-9)22-7-8(4-12(22)23)13(24)21-14-20-6-11(25-14)15(17,18)19/h1-3,5-6,8H,4,7H2,(H,20,21,24). The zero-order valence-corrected chi connectivity index (χ0v) is 14.1. The van der Waals surface area contributed by atoms with Crippen molar-refractivity contribution in [2.75, 3.05) is 16.8 Å². The summed E-state index contributed by atoms with van der Waals surface area (Å²) in [4.78, 5) is 28.4. The molecular weight excluding hydrogens is 379 g/mol. The van der Waals surface area contributed by atoms with Gasteiger partial charge in [-0.25, -0.2) is 4.98 Å². The molecule has 1 aliphatic heterocycles. The Kier molecular flexibility index (Phi) is 4.70. The van der Waals surface area contributed by atoms with Gasteiger partial charge >= 0.3 is 6.18 Å². The molecule has 0 bridgehead atoms. The molecule has 0 saturated carbocycles. The molecule has 25 heavy (non-hydrogen) atoms. The summed E-state index contributed by atoms with van der Waals surface area (Å²) in [6, 6.07) is 6.65. The highest BCUT2D eigenvalue weighted by Gasteiger charge is 2.37. The minimum atomic E-state index is -4.51. The average Bonchev–Trinajstić information content (AvgIpc) is 3.13. The van der Waals surface area contributed by atoms with Gasteiger partial charge in [0.25, 0.3) is 0 Å². The number of hydrogen-bond donors (Lipinski definition) is 1. The molecule has 10 heteroatoms. The van der Waals surface area contributed by atoms with Gasteiger partial charge in [0.1, 0.15) is 4.88 Å². The Labute approximate surface area is 149 Å². The highest BCUT2D eigenvalue weighted by Crippen LogP contribution is 2.35. The van der Waals surface area contributed by atoms with E-state index >= 15 is 0 Å². The van der Waals surface area contributed by atoms with Crippen LogP contribution in [-0.4, -0.2) is 23.3 Å². The molecule has 0 radical (unpaired) electrons. The van der Waals surface area contributed by atoms with E-state index in [2.05, 4.69) is 10.3 Å². The third-order valence-corrected chi connectivity index (χ3v) is 4.82. The molecule has 3 rings (SSSR count). The molecule has 2 amide bonds. The van der Waals surface area contributed by atoms with Crippen LogP contribution < -0.4 is 10.2 Å². The van der Waals surface area contributed by atoms with Crippen molar-refractivity contribution in [3.8, 4) is 0 Å². The Balaban J connectivity index is 1.68. The van der Waals surface area contributed by atoms with Gasteiger partial charge < -0.3 is 10.2 Å².